The normalized spacial score (nSPS) is 18.2. The van der Waals surface area contributed by atoms with Gasteiger partial charge in [0.05, 0.1) is 11.0 Å². The third-order valence-corrected chi connectivity index (χ3v) is 3.59. The first kappa shape index (κ1) is 11.4. The number of imidazole rings is 1. The van der Waals surface area contributed by atoms with Gasteiger partial charge in [0.15, 0.2) is 0 Å². The highest BCUT2D eigenvalue weighted by atomic mass is 19.4. The van der Waals surface area contributed by atoms with E-state index in [0.29, 0.717) is 11.0 Å². The lowest BCUT2D eigenvalue weighted by Gasteiger charge is -2.22. The molecule has 0 radical (unpaired) electrons. The van der Waals surface area contributed by atoms with Crippen molar-refractivity contribution in [3.8, 4) is 0 Å². The van der Waals surface area contributed by atoms with Crippen molar-refractivity contribution >= 4 is 17.0 Å². The third-order valence-electron chi connectivity index (χ3n) is 3.59. The first-order chi connectivity index (χ1) is 8.37. The highest BCUT2D eigenvalue weighted by Gasteiger charge is 2.65. The van der Waals surface area contributed by atoms with Crippen LogP contribution >= 0.6 is 0 Å². The molecule has 1 aromatic heterocycles. The number of hydrogen-bond donors (Lipinski definition) is 1. The van der Waals surface area contributed by atoms with Gasteiger partial charge in [-0.15, -0.1) is 0 Å². The van der Waals surface area contributed by atoms with Gasteiger partial charge in [-0.1, -0.05) is 12.1 Å². The van der Waals surface area contributed by atoms with Crippen LogP contribution in [-0.2, 0) is 5.54 Å². The van der Waals surface area contributed by atoms with Gasteiger partial charge in [-0.3, -0.25) is 4.57 Å². The van der Waals surface area contributed by atoms with Crippen LogP contribution in [0.3, 0.4) is 0 Å². The molecule has 0 spiro atoms. The fourth-order valence-corrected chi connectivity index (χ4v) is 2.46. The van der Waals surface area contributed by atoms with Crippen LogP contribution in [0, 0.1) is 6.92 Å². The summed E-state index contributed by atoms with van der Waals surface area (Å²) in [7, 11) is 0. The Balaban J connectivity index is 2.31. The SMILES string of the molecule is Cc1cccc2c1nc(N)n2C1(C(F)(F)F)CC1. The van der Waals surface area contributed by atoms with Crippen molar-refractivity contribution in [1.29, 1.82) is 0 Å². The van der Waals surface area contributed by atoms with Crippen molar-refractivity contribution in [2.75, 3.05) is 5.73 Å². The number of halogens is 3. The van der Waals surface area contributed by atoms with E-state index < -0.39 is 11.7 Å². The van der Waals surface area contributed by atoms with Crippen molar-refractivity contribution in [2.45, 2.75) is 31.5 Å². The van der Waals surface area contributed by atoms with Gasteiger partial charge in [0.2, 0.25) is 5.95 Å². The van der Waals surface area contributed by atoms with Gasteiger partial charge in [-0.25, -0.2) is 4.98 Å². The second kappa shape index (κ2) is 3.18. The average Bonchev–Trinajstić information content (AvgIpc) is 2.98. The van der Waals surface area contributed by atoms with E-state index >= 15 is 0 Å². The Morgan fingerprint density at radius 3 is 2.56 bits per heavy atom. The molecule has 6 heteroatoms. The number of aromatic nitrogens is 2. The Bertz CT molecular complexity index is 623. The maximum atomic E-state index is 13.2. The third kappa shape index (κ3) is 1.28. The molecule has 1 aliphatic rings. The van der Waals surface area contributed by atoms with Crippen molar-refractivity contribution in [2.24, 2.45) is 0 Å². The van der Waals surface area contributed by atoms with Gasteiger partial charge in [0.1, 0.15) is 5.54 Å². The molecule has 1 heterocycles. The van der Waals surface area contributed by atoms with E-state index in [0.717, 1.165) is 10.1 Å². The first-order valence-electron chi connectivity index (χ1n) is 5.67. The summed E-state index contributed by atoms with van der Waals surface area (Å²) in [4.78, 5) is 4.07. The van der Waals surface area contributed by atoms with Crippen LogP contribution in [0.15, 0.2) is 18.2 Å². The van der Waals surface area contributed by atoms with E-state index in [4.69, 9.17) is 5.73 Å². The van der Waals surface area contributed by atoms with Crippen LogP contribution in [0.25, 0.3) is 11.0 Å². The highest BCUT2D eigenvalue weighted by molar-refractivity contribution is 5.82. The molecule has 0 atom stereocenters. The summed E-state index contributed by atoms with van der Waals surface area (Å²) in [6, 6.07) is 5.17. The van der Waals surface area contributed by atoms with Gasteiger partial charge in [-0.2, -0.15) is 13.2 Å². The molecule has 2 N–H and O–H groups in total. The topological polar surface area (TPSA) is 43.8 Å². The number of alkyl halides is 3. The summed E-state index contributed by atoms with van der Waals surface area (Å²) < 4.78 is 40.6. The number of nitrogens with zero attached hydrogens (tertiary/aromatic N) is 2. The molecule has 1 aliphatic carbocycles. The van der Waals surface area contributed by atoms with Crippen LogP contribution in [0.5, 0.6) is 0 Å². The molecule has 0 aliphatic heterocycles. The molecule has 3 nitrogen and oxygen atoms in total. The molecule has 1 aromatic carbocycles. The number of hydrogen-bond acceptors (Lipinski definition) is 2. The number of benzene rings is 1. The zero-order valence-electron chi connectivity index (χ0n) is 9.75. The molecule has 96 valence electrons. The lowest BCUT2D eigenvalue weighted by atomic mass is 10.2. The minimum absolute atomic E-state index is 0.0610. The van der Waals surface area contributed by atoms with Gasteiger partial charge in [0, 0.05) is 0 Å². The van der Waals surface area contributed by atoms with Crippen LogP contribution in [-0.4, -0.2) is 15.7 Å². The summed E-state index contributed by atoms with van der Waals surface area (Å²) in [5.74, 6) is -0.0610. The van der Waals surface area contributed by atoms with E-state index in [1.165, 1.54) is 0 Å². The zero-order chi connectivity index (χ0) is 13.1. The number of aryl methyl sites for hydroxylation is 1. The predicted octanol–water partition coefficient (Wildman–Crippen LogP) is 2.98. The summed E-state index contributed by atoms with van der Waals surface area (Å²) in [5.41, 5.74) is 5.69. The Kier molecular flexibility index (Phi) is 2.01. The summed E-state index contributed by atoms with van der Waals surface area (Å²) in [5, 5.41) is 0. The van der Waals surface area contributed by atoms with E-state index in [2.05, 4.69) is 4.98 Å². The molecule has 18 heavy (non-hydrogen) atoms. The van der Waals surface area contributed by atoms with Crippen molar-refractivity contribution in [1.82, 2.24) is 9.55 Å². The minimum Gasteiger partial charge on any atom is -0.369 e. The molecule has 0 bridgehead atoms. The van der Waals surface area contributed by atoms with Gasteiger partial charge in [-0.05, 0) is 31.4 Å². The first-order valence-corrected chi connectivity index (χ1v) is 5.67. The largest absolute Gasteiger partial charge is 0.412 e. The number of fused-ring (bicyclic) bond motifs is 1. The molecular weight excluding hydrogens is 243 g/mol. The van der Waals surface area contributed by atoms with Gasteiger partial charge >= 0.3 is 6.18 Å². The number of nitrogens with two attached hydrogens (primary N) is 1. The number of para-hydroxylation sites is 1. The molecule has 1 saturated carbocycles. The monoisotopic (exact) mass is 255 g/mol. The fourth-order valence-electron chi connectivity index (χ4n) is 2.46. The quantitative estimate of drug-likeness (QED) is 0.851. The number of anilines is 1. The molecule has 0 saturated heterocycles. The smallest absolute Gasteiger partial charge is 0.369 e. The summed E-state index contributed by atoms with van der Waals surface area (Å²) in [6.07, 6.45) is -4.15. The number of nitrogen functional groups attached to an aromatic ring is 1. The van der Waals surface area contributed by atoms with Gasteiger partial charge < -0.3 is 5.73 Å². The molecule has 1 fully saturated rings. The lowest BCUT2D eigenvalue weighted by Crippen LogP contribution is -2.35. The van der Waals surface area contributed by atoms with E-state index in [-0.39, 0.29) is 18.8 Å². The van der Waals surface area contributed by atoms with Crippen LogP contribution in [0.4, 0.5) is 19.1 Å². The van der Waals surface area contributed by atoms with E-state index in [9.17, 15) is 13.2 Å². The number of rotatable bonds is 1. The summed E-state index contributed by atoms with van der Waals surface area (Å²) in [6.45, 7) is 1.81. The average molecular weight is 255 g/mol. The van der Waals surface area contributed by atoms with Crippen molar-refractivity contribution < 1.29 is 13.2 Å². The molecule has 2 aromatic rings. The maximum absolute atomic E-state index is 13.2. The highest BCUT2D eigenvalue weighted by Crippen LogP contribution is 2.57. The van der Waals surface area contributed by atoms with Crippen molar-refractivity contribution in [3.63, 3.8) is 0 Å². The standard InChI is InChI=1S/C12H12F3N3/c1-7-3-2-4-8-9(7)17-10(16)18(8)11(5-6-11)12(13,14)15/h2-4H,5-6H2,1H3,(H2,16,17). The Labute approximate surface area is 101 Å². The molecule has 0 amide bonds. The van der Waals surface area contributed by atoms with E-state index in [1.807, 2.05) is 13.0 Å². The van der Waals surface area contributed by atoms with E-state index in [1.54, 1.807) is 12.1 Å². The second-order valence-corrected chi connectivity index (χ2v) is 4.78. The van der Waals surface area contributed by atoms with Crippen LogP contribution < -0.4 is 5.73 Å². The van der Waals surface area contributed by atoms with Crippen LogP contribution in [0.2, 0.25) is 0 Å². The van der Waals surface area contributed by atoms with Crippen molar-refractivity contribution in [3.05, 3.63) is 23.8 Å². The van der Waals surface area contributed by atoms with Crippen LogP contribution in [0.1, 0.15) is 18.4 Å². The Morgan fingerprint density at radius 2 is 2.00 bits per heavy atom. The molecule has 0 unspecified atom stereocenters. The molecular formula is C12H12F3N3. The Morgan fingerprint density at radius 1 is 1.33 bits per heavy atom. The second-order valence-electron chi connectivity index (χ2n) is 4.78. The fraction of sp³-hybridized carbons (Fsp3) is 0.417. The lowest BCUT2D eigenvalue weighted by molar-refractivity contribution is -0.178. The maximum Gasteiger partial charge on any atom is 0.412 e. The molecule has 3 rings (SSSR count). The Hall–Kier alpha value is -1.72. The van der Waals surface area contributed by atoms with Gasteiger partial charge in [0.25, 0.3) is 0 Å². The predicted molar refractivity (Wildman–Crippen MR) is 62.1 cm³/mol. The summed E-state index contributed by atoms with van der Waals surface area (Å²) >= 11 is 0. The zero-order valence-corrected chi connectivity index (χ0v) is 9.75. The minimum atomic E-state index is -4.29.